The van der Waals surface area contributed by atoms with Gasteiger partial charge in [0.05, 0.1) is 0 Å². The third-order valence-electron chi connectivity index (χ3n) is 2.27. The van der Waals surface area contributed by atoms with Crippen molar-refractivity contribution >= 4 is 16.5 Å². The summed E-state index contributed by atoms with van der Waals surface area (Å²) < 4.78 is 31.6. The molecule has 0 aliphatic rings. The van der Waals surface area contributed by atoms with Crippen molar-refractivity contribution in [3.8, 4) is 11.1 Å². The van der Waals surface area contributed by atoms with Crippen LogP contribution in [-0.4, -0.2) is 17.5 Å². The summed E-state index contributed by atoms with van der Waals surface area (Å²) in [6.45, 7) is 3.82. The Morgan fingerprint density at radius 1 is 0.895 bits per heavy atom. The van der Waals surface area contributed by atoms with Gasteiger partial charge in [-0.15, -0.1) is 0 Å². The zero-order valence-electron chi connectivity index (χ0n) is 10.1. The fourth-order valence-corrected chi connectivity index (χ4v) is 1.56. The Morgan fingerprint density at radius 3 is 1.89 bits per heavy atom. The van der Waals surface area contributed by atoms with E-state index in [1.807, 2.05) is 18.2 Å². The van der Waals surface area contributed by atoms with E-state index in [9.17, 15) is 0 Å². The van der Waals surface area contributed by atoms with Crippen molar-refractivity contribution in [2.75, 3.05) is 0 Å². The maximum absolute atomic E-state index is 8.74. The minimum Gasteiger partial charge on any atom is -0.264 e. The molecule has 0 saturated heterocycles. The first-order valence-electron chi connectivity index (χ1n) is 5.38. The summed E-state index contributed by atoms with van der Waals surface area (Å²) in [7, 11) is -4.67. The topological polar surface area (TPSA) is 74.6 Å². The summed E-state index contributed by atoms with van der Waals surface area (Å²) in [5, 5.41) is 0. The molecule has 0 unspecified atom stereocenters. The quantitative estimate of drug-likeness (QED) is 0.826. The first-order chi connectivity index (χ1) is 8.92. The lowest BCUT2D eigenvalue weighted by atomic mass is 10.00. The predicted molar refractivity (Wildman–Crippen MR) is 76.1 cm³/mol. The van der Waals surface area contributed by atoms with Crippen LogP contribution in [0.2, 0.25) is 0 Å². The fourth-order valence-electron chi connectivity index (χ4n) is 1.56. The van der Waals surface area contributed by atoms with Gasteiger partial charge in [0.1, 0.15) is 0 Å². The molecule has 5 heteroatoms. The van der Waals surface area contributed by atoms with E-state index in [4.69, 9.17) is 17.5 Å². The summed E-state index contributed by atoms with van der Waals surface area (Å²) in [6.07, 6.45) is 1.89. The van der Waals surface area contributed by atoms with Crippen LogP contribution in [-0.2, 0) is 10.4 Å². The third-order valence-corrected chi connectivity index (χ3v) is 2.27. The fraction of sp³-hybridized carbons (Fsp3) is 0. The highest BCUT2D eigenvalue weighted by atomic mass is 32.3. The standard InChI is InChI=1S/C14H12.H2O4S/c1-2-12-8-6-7-11-14(12)13-9-4-3-5-10-13;1-5(2,3)4/h2-11H,1H2;(H2,1,2,3,4). The molecule has 0 amide bonds. The maximum atomic E-state index is 8.74. The van der Waals surface area contributed by atoms with Crippen LogP contribution in [0.3, 0.4) is 0 Å². The van der Waals surface area contributed by atoms with Gasteiger partial charge in [-0.3, -0.25) is 9.11 Å². The van der Waals surface area contributed by atoms with E-state index in [1.54, 1.807) is 0 Å². The van der Waals surface area contributed by atoms with Gasteiger partial charge < -0.3 is 0 Å². The van der Waals surface area contributed by atoms with Crippen LogP contribution in [0.15, 0.2) is 61.2 Å². The summed E-state index contributed by atoms with van der Waals surface area (Å²) >= 11 is 0. The van der Waals surface area contributed by atoms with Crippen molar-refractivity contribution in [3.05, 3.63) is 66.7 Å². The molecule has 0 fully saturated rings. The van der Waals surface area contributed by atoms with Crippen molar-refractivity contribution in [3.63, 3.8) is 0 Å². The predicted octanol–water partition coefficient (Wildman–Crippen LogP) is 3.34. The molecule has 0 aromatic heterocycles. The molecule has 0 aliphatic heterocycles. The van der Waals surface area contributed by atoms with Crippen molar-refractivity contribution in [1.82, 2.24) is 0 Å². The summed E-state index contributed by atoms with van der Waals surface area (Å²) in [5.41, 5.74) is 3.66. The molecule has 2 aromatic rings. The van der Waals surface area contributed by atoms with E-state index >= 15 is 0 Å². The molecule has 0 aliphatic carbocycles. The van der Waals surface area contributed by atoms with Crippen molar-refractivity contribution in [2.24, 2.45) is 0 Å². The Balaban J connectivity index is 0.000000312. The first-order valence-corrected chi connectivity index (χ1v) is 6.78. The minimum absolute atomic E-state index is 1.18. The van der Waals surface area contributed by atoms with E-state index in [1.165, 1.54) is 16.7 Å². The smallest absolute Gasteiger partial charge is 0.264 e. The second-order valence-corrected chi connectivity index (χ2v) is 4.50. The highest BCUT2D eigenvalue weighted by Crippen LogP contribution is 2.23. The molecule has 0 saturated carbocycles. The molecule has 2 aromatic carbocycles. The lowest BCUT2D eigenvalue weighted by Crippen LogP contribution is -1.89. The molecule has 0 radical (unpaired) electrons. The second kappa shape index (κ2) is 6.84. The molecular weight excluding hydrogens is 264 g/mol. The third kappa shape index (κ3) is 5.96. The Bertz CT molecular complexity index is 626. The van der Waals surface area contributed by atoms with Crippen LogP contribution in [0.1, 0.15) is 5.56 Å². The molecule has 100 valence electrons. The van der Waals surface area contributed by atoms with Crippen molar-refractivity contribution in [2.45, 2.75) is 0 Å². The second-order valence-electron chi connectivity index (χ2n) is 3.61. The van der Waals surface area contributed by atoms with Crippen molar-refractivity contribution in [1.29, 1.82) is 0 Å². The highest BCUT2D eigenvalue weighted by molar-refractivity contribution is 7.79. The van der Waals surface area contributed by atoms with Crippen LogP contribution < -0.4 is 0 Å². The van der Waals surface area contributed by atoms with E-state index in [0.717, 1.165) is 0 Å². The molecule has 0 bridgehead atoms. The zero-order chi connectivity index (χ0) is 14.3. The maximum Gasteiger partial charge on any atom is 0.394 e. The number of rotatable bonds is 2. The molecule has 2 N–H and O–H groups in total. The Hall–Kier alpha value is -1.95. The molecule has 19 heavy (non-hydrogen) atoms. The summed E-state index contributed by atoms with van der Waals surface area (Å²) in [6, 6.07) is 18.6. The van der Waals surface area contributed by atoms with Gasteiger partial charge in [0.25, 0.3) is 0 Å². The van der Waals surface area contributed by atoms with E-state index in [-0.39, 0.29) is 0 Å². The Labute approximate surface area is 112 Å². The van der Waals surface area contributed by atoms with Crippen molar-refractivity contribution < 1.29 is 17.5 Å². The van der Waals surface area contributed by atoms with Crippen LogP contribution in [0.25, 0.3) is 17.2 Å². The Morgan fingerprint density at radius 2 is 1.37 bits per heavy atom. The monoisotopic (exact) mass is 278 g/mol. The normalized spacial score (nSPS) is 10.2. The summed E-state index contributed by atoms with van der Waals surface area (Å²) in [5.74, 6) is 0. The molecular formula is C14H14O4S. The van der Waals surface area contributed by atoms with Gasteiger partial charge in [-0.1, -0.05) is 67.3 Å². The molecule has 0 heterocycles. The Kier molecular flexibility index (Phi) is 5.44. The number of benzene rings is 2. The van der Waals surface area contributed by atoms with Gasteiger partial charge in [0.15, 0.2) is 0 Å². The highest BCUT2D eigenvalue weighted by Gasteiger charge is 1.99. The lowest BCUT2D eigenvalue weighted by Gasteiger charge is -2.04. The molecule has 4 nitrogen and oxygen atoms in total. The van der Waals surface area contributed by atoms with Gasteiger partial charge in [-0.25, -0.2) is 0 Å². The number of hydrogen-bond acceptors (Lipinski definition) is 2. The average Bonchev–Trinajstić information content (AvgIpc) is 2.38. The zero-order valence-corrected chi connectivity index (χ0v) is 10.9. The van der Waals surface area contributed by atoms with Gasteiger partial charge in [0, 0.05) is 0 Å². The van der Waals surface area contributed by atoms with Gasteiger partial charge in [-0.05, 0) is 16.7 Å². The van der Waals surface area contributed by atoms with Crippen LogP contribution in [0.4, 0.5) is 0 Å². The minimum atomic E-state index is -4.67. The average molecular weight is 278 g/mol. The largest absolute Gasteiger partial charge is 0.394 e. The number of hydrogen-bond donors (Lipinski definition) is 2. The van der Waals surface area contributed by atoms with Gasteiger partial charge in [0.2, 0.25) is 0 Å². The lowest BCUT2D eigenvalue weighted by molar-refractivity contribution is 0.381. The van der Waals surface area contributed by atoms with Gasteiger partial charge >= 0.3 is 10.4 Å². The van der Waals surface area contributed by atoms with Crippen LogP contribution in [0.5, 0.6) is 0 Å². The van der Waals surface area contributed by atoms with Crippen LogP contribution in [0, 0.1) is 0 Å². The molecule has 0 spiro atoms. The SMILES string of the molecule is C=Cc1ccccc1-c1ccccc1.O=S(=O)(O)O. The van der Waals surface area contributed by atoms with E-state index in [0.29, 0.717) is 0 Å². The molecule has 0 atom stereocenters. The molecule has 2 rings (SSSR count). The van der Waals surface area contributed by atoms with E-state index in [2.05, 4.69) is 49.0 Å². The first kappa shape index (κ1) is 15.1. The van der Waals surface area contributed by atoms with Gasteiger partial charge in [-0.2, -0.15) is 8.42 Å². The summed E-state index contributed by atoms with van der Waals surface area (Å²) in [4.78, 5) is 0. The van der Waals surface area contributed by atoms with Crippen LogP contribution >= 0.6 is 0 Å². The van der Waals surface area contributed by atoms with E-state index < -0.39 is 10.4 Å².